The fraction of sp³-hybridized carbons (Fsp3) is 0.375. The molecule has 0 saturated heterocycles. The van der Waals surface area contributed by atoms with Crippen LogP contribution in [0.2, 0.25) is 0 Å². The van der Waals surface area contributed by atoms with Gasteiger partial charge < -0.3 is 10.2 Å². The van der Waals surface area contributed by atoms with Gasteiger partial charge in [-0.15, -0.1) is 11.8 Å². The van der Waals surface area contributed by atoms with E-state index in [0.717, 1.165) is 32.3 Å². The van der Waals surface area contributed by atoms with Gasteiger partial charge in [0.25, 0.3) is 10.0 Å². The second-order valence-corrected chi connectivity index (χ2v) is 13.0. The van der Waals surface area contributed by atoms with E-state index in [0.29, 0.717) is 12.1 Å². The van der Waals surface area contributed by atoms with Crippen molar-refractivity contribution in [2.24, 2.45) is 0 Å². The Bertz CT molecular complexity index is 1410. The minimum atomic E-state index is -4.10. The Kier molecular flexibility index (Phi) is 11.4. The third-order valence-electron chi connectivity index (χ3n) is 7.11. The Hall–Kier alpha value is -3.30. The summed E-state index contributed by atoms with van der Waals surface area (Å²) >= 11 is 1.52. The summed E-state index contributed by atoms with van der Waals surface area (Å²) in [5.74, 6) is -0.707. The van der Waals surface area contributed by atoms with Gasteiger partial charge in [0.15, 0.2) is 0 Å². The Morgan fingerprint density at radius 2 is 1.41 bits per heavy atom. The number of carbonyl (C=O) groups is 2. The van der Waals surface area contributed by atoms with E-state index in [2.05, 4.69) is 5.32 Å². The number of anilines is 1. The molecule has 3 aromatic carbocycles. The molecule has 0 aliphatic rings. The highest BCUT2D eigenvalue weighted by Crippen LogP contribution is 2.27. The third kappa shape index (κ3) is 8.36. The van der Waals surface area contributed by atoms with E-state index in [1.807, 2.05) is 77.3 Å². The van der Waals surface area contributed by atoms with Crippen LogP contribution in [0.1, 0.15) is 50.3 Å². The van der Waals surface area contributed by atoms with Gasteiger partial charge in [-0.05, 0) is 81.8 Å². The zero-order valence-electron chi connectivity index (χ0n) is 24.8. The van der Waals surface area contributed by atoms with Crippen molar-refractivity contribution in [2.75, 3.05) is 17.1 Å². The molecule has 0 fully saturated rings. The van der Waals surface area contributed by atoms with E-state index in [4.69, 9.17) is 0 Å². The third-order valence-corrected chi connectivity index (χ3v) is 9.64. The van der Waals surface area contributed by atoms with Gasteiger partial charge in [-0.1, -0.05) is 61.4 Å². The SMILES string of the molecule is CC[C@@H](C)NC(=O)[C@@H](CC)N(Cc1ccc(C)cc1)C(=O)CN(c1ccc(C)cc1)S(=O)(=O)c1ccc(SC)cc1. The lowest BCUT2D eigenvalue weighted by Gasteiger charge is -2.33. The topological polar surface area (TPSA) is 86.8 Å². The van der Waals surface area contributed by atoms with Crippen LogP contribution in [0.5, 0.6) is 0 Å². The molecule has 0 aromatic heterocycles. The summed E-state index contributed by atoms with van der Waals surface area (Å²) in [7, 11) is -4.10. The molecular weight excluding hydrogens is 555 g/mol. The van der Waals surface area contributed by atoms with Gasteiger partial charge >= 0.3 is 0 Å². The number of nitrogens with one attached hydrogen (secondary N) is 1. The largest absolute Gasteiger partial charge is 0.352 e. The number of thioether (sulfide) groups is 1. The van der Waals surface area contributed by atoms with Crippen molar-refractivity contribution in [3.8, 4) is 0 Å². The molecule has 41 heavy (non-hydrogen) atoms. The van der Waals surface area contributed by atoms with E-state index in [9.17, 15) is 18.0 Å². The van der Waals surface area contributed by atoms with Crippen LogP contribution in [-0.4, -0.2) is 50.0 Å². The molecule has 3 aromatic rings. The Morgan fingerprint density at radius 3 is 1.93 bits per heavy atom. The van der Waals surface area contributed by atoms with Crippen LogP contribution in [0, 0.1) is 13.8 Å². The molecule has 220 valence electrons. The molecule has 0 bridgehead atoms. The van der Waals surface area contributed by atoms with Crippen molar-refractivity contribution >= 4 is 39.3 Å². The van der Waals surface area contributed by atoms with Gasteiger partial charge in [-0.25, -0.2) is 8.42 Å². The van der Waals surface area contributed by atoms with Crippen LogP contribution >= 0.6 is 11.8 Å². The normalized spacial score (nSPS) is 12.8. The second-order valence-electron chi connectivity index (χ2n) is 10.3. The van der Waals surface area contributed by atoms with Crippen LogP contribution in [0.4, 0.5) is 5.69 Å². The monoisotopic (exact) mass is 595 g/mol. The van der Waals surface area contributed by atoms with Crippen LogP contribution in [0.15, 0.2) is 82.6 Å². The van der Waals surface area contributed by atoms with Gasteiger partial charge in [0.1, 0.15) is 12.6 Å². The first kappa shape index (κ1) is 32.2. The predicted octanol–water partition coefficient (Wildman–Crippen LogP) is 5.94. The number of benzene rings is 3. The fourth-order valence-corrected chi connectivity index (χ4v) is 6.19. The highest BCUT2D eigenvalue weighted by molar-refractivity contribution is 7.98. The standard InChI is InChI=1S/C32H41N3O4S2/c1-7-25(5)33-32(37)30(8-2)34(21-26-13-9-23(3)10-14-26)31(36)22-35(27-15-11-24(4)12-16-27)41(38,39)29-19-17-28(40-6)18-20-29/h9-20,25,30H,7-8,21-22H2,1-6H3,(H,33,37)/t25-,30-/m1/s1. The number of rotatable bonds is 13. The van der Waals surface area contributed by atoms with Crippen LogP contribution in [0.25, 0.3) is 0 Å². The maximum absolute atomic E-state index is 14.1. The Labute approximate surface area is 249 Å². The summed E-state index contributed by atoms with van der Waals surface area (Å²) in [5, 5.41) is 3.00. The van der Waals surface area contributed by atoms with Gasteiger partial charge in [0, 0.05) is 17.5 Å². The molecule has 0 heterocycles. The maximum Gasteiger partial charge on any atom is 0.264 e. The van der Waals surface area contributed by atoms with E-state index >= 15 is 0 Å². The summed E-state index contributed by atoms with van der Waals surface area (Å²) in [6.45, 7) is 9.39. The number of hydrogen-bond donors (Lipinski definition) is 1. The molecule has 0 spiro atoms. The average molecular weight is 596 g/mol. The molecule has 0 saturated carbocycles. The molecule has 2 atom stereocenters. The van der Waals surface area contributed by atoms with Crippen molar-refractivity contribution in [3.63, 3.8) is 0 Å². The second kappa shape index (κ2) is 14.5. The molecule has 0 unspecified atom stereocenters. The molecule has 2 amide bonds. The van der Waals surface area contributed by atoms with Crippen molar-refractivity contribution in [1.82, 2.24) is 10.2 Å². The lowest BCUT2D eigenvalue weighted by atomic mass is 10.1. The molecule has 3 rings (SSSR count). The van der Waals surface area contributed by atoms with E-state index in [1.165, 1.54) is 16.7 Å². The first-order valence-electron chi connectivity index (χ1n) is 13.9. The fourth-order valence-electron chi connectivity index (χ4n) is 4.37. The Balaban J connectivity index is 2.05. The molecule has 0 aliphatic carbocycles. The first-order chi connectivity index (χ1) is 19.5. The number of hydrogen-bond acceptors (Lipinski definition) is 5. The zero-order valence-corrected chi connectivity index (χ0v) is 26.4. The van der Waals surface area contributed by atoms with Gasteiger partial charge in [0.05, 0.1) is 10.6 Å². The average Bonchev–Trinajstić information content (AvgIpc) is 2.97. The van der Waals surface area contributed by atoms with Crippen LogP contribution < -0.4 is 9.62 Å². The quantitative estimate of drug-likeness (QED) is 0.247. The molecule has 7 nitrogen and oxygen atoms in total. The van der Waals surface area contributed by atoms with Crippen molar-refractivity contribution in [1.29, 1.82) is 0 Å². The summed E-state index contributed by atoms with van der Waals surface area (Å²) in [6.07, 6.45) is 3.06. The number of nitrogens with zero attached hydrogens (tertiary/aromatic N) is 2. The number of amides is 2. The van der Waals surface area contributed by atoms with E-state index < -0.39 is 28.5 Å². The lowest BCUT2D eigenvalue weighted by molar-refractivity contribution is -0.140. The number of carbonyl (C=O) groups excluding carboxylic acids is 2. The van der Waals surface area contributed by atoms with Gasteiger partial charge in [0.2, 0.25) is 11.8 Å². The van der Waals surface area contributed by atoms with Crippen molar-refractivity contribution < 1.29 is 18.0 Å². The smallest absolute Gasteiger partial charge is 0.264 e. The van der Waals surface area contributed by atoms with E-state index in [1.54, 1.807) is 36.4 Å². The summed E-state index contributed by atoms with van der Waals surface area (Å²) < 4.78 is 29.1. The summed E-state index contributed by atoms with van der Waals surface area (Å²) in [4.78, 5) is 30.0. The molecule has 0 aliphatic heterocycles. The summed E-state index contributed by atoms with van der Waals surface area (Å²) in [6, 6.07) is 20.6. The molecular formula is C32H41N3O4S2. The van der Waals surface area contributed by atoms with Gasteiger partial charge in [-0.3, -0.25) is 13.9 Å². The number of sulfonamides is 1. The minimum Gasteiger partial charge on any atom is -0.352 e. The van der Waals surface area contributed by atoms with Crippen LogP contribution in [-0.2, 0) is 26.2 Å². The van der Waals surface area contributed by atoms with Crippen molar-refractivity contribution in [2.45, 2.75) is 75.9 Å². The predicted molar refractivity (Wildman–Crippen MR) is 168 cm³/mol. The highest BCUT2D eigenvalue weighted by Gasteiger charge is 2.34. The van der Waals surface area contributed by atoms with Gasteiger partial charge in [-0.2, -0.15) is 0 Å². The van der Waals surface area contributed by atoms with Crippen molar-refractivity contribution in [3.05, 3.63) is 89.5 Å². The van der Waals surface area contributed by atoms with Crippen LogP contribution in [0.3, 0.4) is 0 Å². The first-order valence-corrected chi connectivity index (χ1v) is 16.5. The maximum atomic E-state index is 14.1. The molecule has 9 heteroatoms. The number of aryl methyl sites for hydroxylation is 2. The minimum absolute atomic E-state index is 0.0541. The lowest BCUT2D eigenvalue weighted by Crippen LogP contribution is -2.53. The highest BCUT2D eigenvalue weighted by atomic mass is 32.2. The van der Waals surface area contributed by atoms with E-state index in [-0.39, 0.29) is 23.4 Å². The summed E-state index contributed by atoms with van der Waals surface area (Å²) in [5.41, 5.74) is 3.29. The molecule has 0 radical (unpaired) electrons. The zero-order chi connectivity index (χ0) is 30.2. The Morgan fingerprint density at radius 1 is 0.854 bits per heavy atom. The molecule has 1 N–H and O–H groups in total.